The summed E-state index contributed by atoms with van der Waals surface area (Å²) in [6.07, 6.45) is -0.183. The number of nitrogens with one attached hydrogen (secondary N) is 1. The van der Waals surface area contributed by atoms with E-state index in [1.165, 1.54) is 18.2 Å². The van der Waals surface area contributed by atoms with Crippen LogP contribution in [0, 0.1) is 11.8 Å². The molecule has 3 rings (SSSR count). The minimum Gasteiger partial charge on any atom is -0.489 e. The van der Waals surface area contributed by atoms with Crippen molar-refractivity contribution in [1.82, 2.24) is 0 Å². The second-order valence-corrected chi connectivity index (χ2v) is 7.95. The number of hydrogen-bond acceptors (Lipinski definition) is 5. The van der Waals surface area contributed by atoms with Crippen LogP contribution >= 0.6 is 11.6 Å². The summed E-state index contributed by atoms with van der Waals surface area (Å²) in [6, 6.07) is 20.8. The number of ether oxygens (including phenoxy) is 2. The standard InChI is InChI=1S/C27H23ClN4O4/c1-2-3-5-10-25(33)36-26(23-17-20(28)11-16-24(23)31-32-29)27(34)30-21-12-14-22(15-13-21)35-18-19-8-6-4-7-9-19/h4,6-9,11-17,26H,2-3,18H2,1H3,(H,30,34). The van der Waals surface area contributed by atoms with E-state index >= 15 is 0 Å². The highest BCUT2D eigenvalue weighted by Gasteiger charge is 2.27. The molecule has 0 bridgehead atoms. The van der Waals surface area contributed by atoms with Crippen molar-refractivity contribution < 1.29 is 19.1 Å². The Kier molecular flexibility index (Phi) is 9.78. The molecule has 0 aliphatic carbocycles. The van der Waals surface area contributed by atoms with Crippen molar-refractivity contribution in [2.24, 2.45) is 5.11 Å². The third kappa shape index (κ3) is 7.81. The maximum absolute atomic E-state index is 13.2. The highest BCUT2D eigenvalue weighted by atomic mass is 35.5. The molecule has 0 saturated heterocycles. The second-order valence-electron chi connectivity index (χ2n) is 7.52. The van der Waals surface area contributed by atoms with Crippen molar-refractivity contribution in [3.8, 4) is 17.6 Å². The molecule has 182 valence electrons. The lowest BCUT2D eigenvalue weighted by molar-refractivity contribution is -0.148. The molecule has 0 heterocycles. The van der Waals surface area contributed by atoms with E-state index < -0.39 is 18.0 Å². The Morgan fingerprint density at radius 3 is 2.56 bits per heavy atom. The molecular formula is C27H23ClN4O4. The fraction of sp³-hybridized carbons (Fsp3) is 0.185. The van der Waals surface area contributed by atoms with Crippen LogP contribution in [0.5, 0.6) is 5.75 Å². The van der Waals surface area contributed by atoms with Crippen molar-refractivity contribution in [2.75, 3.05) is 5.32 Å². The van der Waals surface area contributed by atoms with Crippen molar-refractivity contribution >= 4 is 34.9 Å². The van der Waals surface area contributed by atoms with Gasteiger partial charge < -0.3 is 14.8 Å². The van der Waals surface area contributed by atoms with Gasteiger partial charge in [0.2, 0.25) is 6.10 Å². The number of carbonyl (C=O) groups excluding carboxylic acids is 2. The normalized spacial score (nSPS) is 10.7. The van der Waals surface area contributed by atoms with Crippen LogP contribution < -0.4 is 10.1 Å². The molecule has 0 aliphatic heterocycles. The van der Waals surface area contributed by atoms with Gasteiger partial charge in [0.05, 0.1) is 0 Å². The minimum atomic E-state index is -1.46. The van der Waals surface area contributed by atoms with Gasteiger partial charge in [-0.05, 0) is 53.9 Å². The molecular weight excluding hydrogens is 480 g/mol. The van der Waals surface area contributed by atoms with Gasteiger partial charge in [-0.2, -0.15) is 0 Å². The van der Waals surface area contributed by atoms with E-state index in [1.807, 2.05) is 37.3 Å². The first-order valence-corrected chi connectivity index (χ1v) is 11.5. The molecule has 0 saturated carbocycles. The first kappa shape index (κ1) is 26.2. The van der Waals surface area contributed by atoms with Gasteiger partial charge in [0, 0.05) is 39.2 Å². The number of rotatable bonds is 9. The lowest BCUT2D eigenvalue weighted by Crippen LogP contribution is -2.25. The molecule has 3 aromatic rings. The molecule has 1 atom stereocenters. The zero-order chi connectivity index (χ0) is 25.8. The van der Waals surface area contributed by atoms with Crippen LogP contribution in [0.25, 0.3) is 10.4 Å². The van der Waals surface area contributed by atoms with Crippen molar-refractivity contribution in [3.63, 3.8) is 0 Å². The Bertz CT molecular complexity index is 1310. The molecule has 0 aliphatic rings. The predicted octanol–water partition coefficient (Wildman–Crippen LogP) is 6.89. The monoisotopic (exact) mass is 502 g/mol. The predicted molar refractivity (Wildman–Crippen MR) is 138 cm³/mol. The van der Waals surface area contributed by atoms with Crippen LogP contribution in [0.3, 0.4) is 0 Å². The summed E-state index contributed by atoms with van der Waals surface area (Å²) >= 11 is 6.11. The Balaban J connectivity index is 1.79. The van der Waals surface area contributed by atoms with Crippen LogP contribution in [0.4, 0.5) is 11.4 Å². The molecule has 1 unspecified atom stereocenters. The van der Waals surface area contributed by atoms with E-state index in [1.54, 1.807) is 24.3 Å². The quantitative estimate of drug-likeness (QED) is 0.0856. The Labute approximate surface area is 213 Å². The average molecular weight is 503 g/mol. The number of unbranched alkanes of at least 4 members (excludes halogenated alkanes) is 1. The number of benzene rings is 3. The molecule has 9 heteroatoms. The van der Waals surface area contributed by atoms with E-state index in [0.717, 1.165) is 12.0 Å². The zero-order valence-electron chi connectivity index (χ0n) is 19.5. The SMILES string of the molecule is CCCC#CC(=O)OC(C(=O)Nc1ccc(OCc2ccccc2)cc1)c1cc(Cl)ccc1N=[N+]=[N-]. The number of halogens is 1. The van der Waals surface area contributed by atoms with Gasteiger partial charge >= 0.3 is 5.97 Å². The summed E-state index contributed by atoms with van der Waals surface area (Å²) < 4.78 is 11.1. The topological polar surface area (TPSA) is 113 Å². The summed E-state index contributed by atoms with van der Waals surface area (Å²) in [5, 5.41) is 6.57. The lowest BCUT2D eigenvalue weighted by atomic mass is 10.1. The summed E-state index contributed by atoms with van der Waals surface area (Å²) in [7, 11) is 0. The number of hydrogen-bond donors (Lipinski definition) is 1. The zero-order valence-corrected chi connectivity index (χ0v) is 20.2. The Morgan fingerprint density at radius 2 is 1.86 bits per heavy atom. The molecule has 36 heavy (non-hydrogen) atoms. The molecule has 0 radical (unpaired) electrons. The first-order valence-electron chi connectivity index (χ1n) is 11.1. The van der Waals surface area contributed by atoms with Crippen molar-refractivity contribution in [1.29, 1.82) is 0 Å². The van der Waals surface area contributed by atoms with E-state index in [9.17, 15) is 9.59 Å². The van der Waals surface area contributed by atoms with E-state index in [4.69, 9.17) is 26.6 Å². The van der Waals surface area contributed by atoms with E-state index in [2.05, 4.69) is 27.2 Å². The summed E-state index contributed by atoms with van der Waals surface area (Å²) in [5.41, 5.74) is 10.6. The number of esters is 1. The van der Waals surface area contributed by atoms with Crippen LogP contribution in [-0.2, 0) is 20.9 Å². The Hall–Kier alpha value is -4.44. The smallest absolute Gasteiger partial charge is 0.385 e. The van der Waals surface area contributed by atoms with Gasteiger partial charge in [0.25, 0.3) is 5.91 Å². The number of azide groups is 1. The van der Waals surface area contributed by atoms with E-state index in [0.29, 0.717) is 24.5 Å². The Morgan fingerprint density at radius 1 is 1.11 bits per heavy atom. The fourth-order valence-electron chi connectivity index (χ4n) is 3.11. The van der Waals surface area contributed by atoms with Gasteiger partial charge in [-0.25, -0.2) is 4.79 Å². The highest BCUT2D eigenvalue weighted by Crippen LogP contribution is 2.32. The first-order chi connectivity index (χ1) is 17.5. The van der Waals surface area contributed by atoms with E-state index in [-0.39, 0.29) is 16.3 Å². The van der Waals surface area contributed by atoms with Crippen LogP contribution in [0.2, 0.25) is 5.02 Å². The van der Waals surface area contributed by atoms with Crippen LogP contribution in [-0.4, -0.2) is 11.9 Å². The largest absolute Gasteiger partial charge is 0.489 e. The van der Waals surface area contributed by atoms with Crippen molar-refractivity contribution in [2.45, 2.75) is 32.5 Å². The minimum absolute atomic E-state index is 0.0982. The fourth-order valence-corrected chi connectivity index (χ4v) is 3.29. The number of anilines is 1. The maximum atomic E-state index is 13.2. The van der Waals surface area contributed by atoms with Crippen molar-refractivity contribution in [3.05, 3.63) is 99.4 Å². The second kappa shape index (κ2) is 13.4. The van der Waals surface area contributed by atoms with Gasteiger partial charge in [-0.3, -0.25) is 4.79 Å². The highest BCUT2D eigenvalue weighted by molar-refractivity contribution is 6.30. The van der Waals surface area contributed by atoms with Crippen LogP contribution in [0.1, 0.15) is 37.0 Å². The molecule has 0 aromatic heterocycles. The molecule has 0 spiro atoms. The summed E-state index contributed by atoms with van der Waals surface area (Å²) in [5.74, 6) is 4.10. The molecule has 1 amide bonds. The molecule has 3 aromatic carbocycles. The molecule has 0 fully saturated rings. The van der Waals surface area contributed by atoms with Gasteiger partial charge in [-0.15, -0.1) is 0 Å². The third-order valence-corrected chi connectivity index (χ3v) is 5.06. The number of nitrogens with zero attached hydrogens (tertiary/aromatic N) is 3. The molecule has 8 nitrogen and oxygen atoms in total. The summed E-state index contributed by atoms with van der Waals surface area (Å²) in [4.78, 5) is 28.3. The van der Waals surface area contributed by atoms with Gasteiger partial charge in [0.1, 0.15) is 12.4 Å². The van der Waals surface area contributed by atoms with Crippen LogP contribution in [0.15, 0.2) is 77.9 Å². The third-order valence-electron chi connectivity index (χ3n) is 4.82. The van der Waals surface area contributed by atoms with Gasteiger partial charge in [-0.1, -0.05) is 66.0 Å². The number of carbonyl (C=O) groups is 2. The average Bonchev–Trinajstić information content (AvgIpc) is 2.89. The lowest BCUT2D eigenvalue weighted by Gasteiger charge is -2.19. The molecule has 1 N–H and O–H groups in total. The maximum Gasteiger partial charge on any atom is 0.385 e. The van der Waals surface area contributed by atoms with Gasteiger partial charge in [0.15, 0.2) is 0 Å². The summed E-state index contributed by atoms with van der Waals surface area (Å²) in [6.45, 7) is 2.33. The number of amides is 1.